The number of carbonyl (C=O) groups is 1. The van der Waals surface area contributed by atoms with E-state index >= 15 is 0 Å². The maximum Gasteiger partial charge on any atom is 0.416 e. The summed E-state index contributed by atoms with van der Waals surface area (Å²) in [6.07, 6.45) is -3.05. The van der Waals surface area contributed by atoms with Gasteiger partial charge in [-0.2, -0.15) is 13.2 Å². The summed E-state index contributed by atoms with van der Waals surface area (Å²) in [5.74, 6) is -0.462. The summed E-state index contributed by atoms with van der Waals surface area (Å²) in [5, 5.41) is 2.61. The molecule has 1 amide bonds. The van der Waals surface area contributed by atoms with Crippen LogP contribution in [0, 0.1) is 0 Å². The lowest BCUT2D eigenvalue weighted by molar-refractivity contribution is -0.137. The number of aromatic nitrogens is 1. The van der Waals surface area contributed by atoms with E-state index in [1.165, 1.54) is 25.3 Å². The molecule has 3 nitrogen and oxygen atoms in total. The lowest BCUT2D eigenvalue weighted by Crippen LogP contribution is -2.10. The Hall–Kier alpha value is -2.08. The molecule has 0 aliphatic carbocycles. The molecule has 0 saturated heterocycles. The zero-order valence-electron chi connectivity index (χ0n) is 10.8. The lowest BCUT2D eigenvalue weighted by Gasteiger charge is -2.14. The maximum absolute atomic E-state index is 12.8. The number of alkyl halides is 3. The lowest BCUT2D eigenvalue weighted by atomic mass is 10.0. The third-order valence-corrected chi connectivity index (χ3v) is 2.90. The van der Waals surface area contributed by atoms with Crippen LogP contribution in [0.2, 0.25) is 5.15 Å². The van der Waals surface area contributed by atoms with Crippen molar-refractivity contribution in [3.8, 4) is 11.1 Å². The van der Waals surface area contributed by atoms with Gasteiger partial charge in [0.15, 0.2) is 0 Å². The predicted molar refractivity (Wildman–Crippen MR) is 74.0 cm³/mol. The standard InChI is InChI=1S/C14H10ClF3N2O/c1-8(21)20-12-7-10(14(16,17)18)2-3-11(12)9-4-5-19-13(15)6-9/h2-7H,1H3,(H,20,21). The molecule has 2 aromatic rings. The normalized spacial score (nSPS) is 11.3. The topological polar surface area (TPSA) is 42.0 Å². The van der Waals surface area contributed by atoms with Gasteiger partial charge in [0.25, 0.3) is 0 Å². The monoisotopic (exact) mass is 314 g/mol. The number of hydrogen-bond donors (Lipinski definition) is 1. The van der Waals surface area contributed by atoms with Crippen molar-refractivity contribution in [1.29, 1.82) is 0 Å². The first-order valence-corrected chi connectivity index (χ1v) is 6.26. The smallest absolute Gasteiger partial charge is 0.326 e. The quantitative estimate of drug-likeness (QED) is 0.836. The van der Waals surface area contributed by atoms with Crippen LogP contribution in [-0.2, 0) is 11.0 Å². The molecule has 2 rings (SSSR count). The maximum atomic E-state index is 12.8. The Morgan fingerprint density at radius 2 is 1.95 bits per heavy atom. The van der Waals surface area contributed by atoms with Gasteiger partial charge in [-0.3, -0.25) is 4.79 Å². The Morgan fingerprint density at radius 3 is 2.52 bits per heavy atom. The largest absolute Gasteiger partial charge is 0.416 e. The highest BCUT2D eigenvalue weighted by Crippen LogP contribution is 2.36. The molecule has 1 N–H and O–H groups in total. The molecular formula is C14H10ClF3N2O. The summed E-state index contributed by atoms with van der Waals surface area (Å²) in [6, 6.07) is 6.25. The summed E-state index contributed by atoms with van der Waals surface area (Å²) in [7, 11) is 0. The molecule has 0 atom stereocenters. The van der Waals surface area contributed by atoms with Gasteiger partial charge in [-0.25, -0.2) is 4.98 Å². The molecule has 1 aromatic carbocycles. The van der Waals surface area contributed by atoms with Gasteiger partial charge < -0.3 is 5.32 Å². The minimum absolute atomic E-state index is 0.0691. The van der Waals surface area contributed by atoms with Crippen LogP contribution in [0.5, 0.6) is 0 Å². The number of carbonyl (C=O) groups excluding carboxylic acids is 1. The Morgan fingerprint density at radius 1 is 1.24 bits per heavy atom. The SMILES string of the molecule is CC(=O)Nc1cc(C(F)(F)F)ccc1-c1ccnc(Cl)c1. The predicted octanol–water partition coefficient (Wildman–Crippen LogP) is 4.38. The van der Waals surface area contributed by atoms with Crippen LogP contribution in [0.1, 0.15) is 12.5 Å². The van der Waals surface area contributed by atoms with Crippen molar-refractivity contribution in [2.24, 2.45) is 0 Å². The van der Waals surface area contributed by atoms with Crippen LogP contribution >= 0.6 is 11.6 Å². The average molecular weight is 315 g/mol. The second-order valence-electron chi connectivity index (χ2n) is 4.31. The number of nitrogens with zero attached hydrogens (tertiary/aromatic N) is 1. The van der Waals surface area contributed by atoms with Crippen molar-refractivity contribution in [1.82, 2.24) is 4.98 Å². The minimum atomic E-state index is -4.48. The summed E-state index contributed by atoms with van der Waals surface area (Å²) in [5.41, 5.74) is 0.227. The second-order valence-corrected chi connectivity index (χ2v) is 4.69. The highest BCUT2D eigenvalue weighted by Gasteiger charge is 2.31. The van der Waals surface area contributed by atoms with Gasteiger partial charge in [-0.1, -0.05) is 17.7 Å². The summed E-state index contributed by atoms with van der Waals surface area (Å²) < 4.78 is 38.3. The summed E-state index contributed by atoms with van der Waals surface area (Å²) in [6.45, 7) is 1.23. The third-order valence-electron chi connectivity index (χ3n) is 2.70. The molecule has 0 unspecified atom stereocenters. The van der Waals surface area contributed by atoms with Gasteiger partial charge in [0.1, 0.15) is 5.15 Å². The number of pyridine rings is 1. The van der Waals surface area contributed by atoms with Crippen molar-refractivity contribution >= 4 is 23.2 Å². The average Bonchev–Trinajstić information content (AvgIpc) is 2.36. The van der Waals surface area contributed by atoms with Crippen LogP contribution in [-0.4, -0.2) is 10.9 Å². The Balaban J connectivity index is 2.57. The number of benzene rings is 1. The molecule has 0 aliphatic rings. The van der Waals surface area contributed by atoms with E-state index in [1.807, 2.05) is 0 Å². The second kappa shape index (κ2) is 5.73. The van der Waals surface area contributed by atoms with Crippen molar-refractivity contribution in [2.45, 2.75) is 13.1 Å². The van der Waals surface area contributed by atoms with E-state index in [-0.39, 0.29) is 10.8 Å². The fourth-order valence-electron chi connectivity index (χ4n) is 1.84. The molecule has 1 heterocycles. The fourth-order valence-corrected chi connectivity index (χ4v) is 2.01. The van der Waals surface area contributed by atoms with E-state index in [2.05, 4.69) is 10.3 Å². The van der Waals surface area contributed by atoms with E-state index in [9.17, 15) is 18.0 Å². The fraction of sp³-hybridized carbons (Fsp3) is 0.143. The van der Waals surface area contributed by atoms with Gasteiger partial charge in [0, 0.05) is 24.4 Å². The van der Waals surface area contributed by atoms with Crippen molar-refractivity contribution in [2.75, 3.05) is 5.32 Å². The van der Waals surface area contributed by atoms with Crippen LogP contribution in [0.3, 0.4) is 0 Å². The van der Waals surface area contributed by atoms with E-state index in [4.69, 9.17) is 11.6 Å². The van der Waals surface area contributed by atoms with Gasteiger partial charge in [0.2, 0.25) is 5.91 Å². The summed E-state index contributed by atoms with van der Waals surface area (Å²) in [4.78, 5) is 15.0. The number of amides is 1. The van der Waals surface area contributed by atoms with E-state index in [0.717, 1.165) is 12.1 Å². The number of halogens is 4. The van der Waals surface area contributed by atoms with Crippen molar-refractivity contribution < 1.29 is 18.0 Å². The van der Waals surface area contributed by atoms with E-state index in [0.29, 0.717) is 11.1 Å². The number of anilines is 1. The molecule has 0 spiro atoms. The van der Waals surface area contributed by atoms with Crippen molar-refractivity contribution in [3.05, 3.63) is 47.2 Å². The molecule has 1 aromatic heterocycles. The number of rotatable bonds is 2. The van der Waals surface area contributed by atoms with Crippen LogP contribution in [0.25, 0.3) is 11.1 Å². The zero-order chi connectivity index (χ0) is 15.6. The molecular weight excluding hydrogens is 305 g/mol. The summed E-state index contributed by atoms with van der Waals surface area (Å²) >= 11 is 5.78. The van der Waals surface area contributed by atoms with Crippen LogP contribution < -0.4 is 5.32 Å². The van der Waals surface area contributed by atoms with Gasteiger partial charge in [0.05, 0.1) is 5.56 Å². The van der Waals surface area contributed by atoms with Gasteiger partial charge in [-0.15, -0.1) is 0 Å². The van der Waals surface area contributed by atoms with Crippen LogP contribution in [0.4, 0.5) is 18.9 Å². The minimum Gasteiger partial charge on any atom is -0.326 e. The molecule has 0 saturated carbocycles. The van der Waals surface area contributed by atoms with Gasteiger partial charge in [-0.05, 0) is 29.8 Å². The number of nitrogens with one attached hydrogen (secondary N) is 1. The molecule has 0 bridgehead atoms. The highest BCUT2D eigenvalue weighted by atomic mass is 35.5. The molecule has 21 heavy (non-hydrogen) atoms. The highest BCUT2D eigenvalue weighted by molar-refractivity contribution is 6.29. The Kier molecular flexibility index (Phi) is 4.18. The Labute approximate surface area is 123 Å². The first kappa shape index (κ1) is 15.3. The molecule has 110 valence electrons. The van der Waals surface area contributed by atoms with Crippen molar-refractivity contribution in [3.63, 3.8) is 0 Å². The molecule has 0 fully saturated rings. The Bertz CT molecular complexity index is 686. The first-order chi connectivity index (χ1) is 9.77. The zero-order valence-corrected chi connectivity index (χ0v) is 11.6. The molecule has 7 heteroatoms. The third kappa shape index (κ3) is 3.72. The van der Waals surface area contributed by atoms with Crippen LogP contribution in [0.15, 0.2) is 36.5 Å². The van der Waals surface area contributed by atoms with E-state index in [1.54, 1.807) is 6.07 Å². The molecule has 0 aliphatic heterocycles. The van der Waals surface area contributed by atoms with Gasteiger partial charge >= 0.3 is 6.18 Å². The number of hydrogen-bond acceptors (Lipinski definition) is 2. The first-order valence-electron chi connectivity index (χ1n) is 5.88. The molecule has 0 radical (unpaired) electrons. The van der Waals surface area contributed by atoms with E-state index < -0.39 is 17.6 Å².